The molecule has 0 aromatic heterocycles. The van der Waals surface area contributed by atoms with Crippen LogP contribution in [0.1, 0.15) is 26.7 Å². The summed E-state index contributed by atoms with van der Waals surface area (Å²) in [6.07, 6.45) is 2.50. The Balaban J connectivity index is 2.28. The Bertz CT molecular complexity index is 288. The van der Waals surface area contributed by atoms with E-state index in [1.54, 1.807) is 0 Å². The van der Waals surface area contributed by atoms with Crippen LogP contribution in [-0.4, -0.2) is 26.6 Å². The van der Waals surface area contributed by atoms with Crippen molar-refractivity contribution in [3.8, 4) is 0 Å². The summed E-state index contributed by atoms with van der Waals surface area (Å²) in [6, 6.07) is 0. The molecule has 0 spiro atoms. The third-order valence-electron chi connectivity index (χ3n) is 2.82. The molecule has 0 heterocycles. The minimum Gasteiger partial charge on any atom is -0.215 e. The lowest BCUT2D eigenvalue weighted by Crippen LogP contribution is -2.33. The normalized spacial score (nSPS) is 21.3. The van der Waals surface area contributed by atoms with Crippen LogP contribution in [0.5, 0.6) is 0 Å². The zero-order chi connectivity index (χ0) is 11.5. The fraction of sp³-hybridized carbons (Fsp3) is 1.00. The van der Waals surface area contributed by atoms with Gasteiger partial charge in [-0.1, -0.05) is 13.8 Å². The van der Waals surface area contributed by atoms with Gasteiger partial charge in [-0.25, -0.2) is 13.1 Å². The molecule has 2 atom stereocenters. The highest BCUT2D eigenvalue weighted by Gasteiger charge is 2.28. The van der Waals surface area contributed by atoms with Gasteiger partial charge < -0.3 is 0 Å². The second-order valence-corrected chi connectivity index (χ2v) is 6.86. The standard InChI is InChI=1S/C10H20ClNO2S/c1-8(5-11)7-15(13,14)12-6-9(2)10-3-4-10/h8-10,12H,3-7H2,1-2H3. The Morgan fingerprint density at radius 1 is 1.40 bits per heavy atom. The lowest BCUT2D eigenvalue weighted by atomic mass is 10.1. The van der Waals surface area contributed by atoms with E-state index >= 15 is 0 Å². The van der Waals surface area contributed by atoms with Crippen molar-refractivity contribution in [2.45, 2.75) is 26.7 Å². The van der Waals surface area contributed by atoms with E-state index in [-0.39, 0.29) is 11.7 Å². The zero-order valence-corrected chi connectivity index (χ0v) is 10.9. The second kappa shape index (κ2) is 5.51. The summed E-state index contributed by atoms with van der Waals surface area (Å²) in [6.45, 7) is 4.52. The van der Waals surface area contributed by atoms with Crippen molar-refractivity contribution in [1.82, 2.24) is 4.72 Å². The monoisotopic (exact) mass is 253 g/mol. The van der Waals surface area contributed by atoms with Crippen LogP contribution in [0.25, 0.3) is 0 Å². The zero-order valence-electron chi connectivity index (χ0n) is 9.37. The average Bonchev–Trinajstić information content (AvgIpc) is 2.96. The molecule has 1 aliphatic carbocycles. The maximum absolute atomic E-state index is 11.6. The first-order chi connectivity index (χ1) is 6.94. The molecule has 1 aliphatic rings. The van der Waals surface area contributed by atoms with E-state index in [0.717, 1.165) is 5.92 Å². The van der Waals surface area contributed by atoms with Crippen molar-refractivity contribution in [3.63, 3.8) is 0 Å². The maximum Gasteiger partial charge on any atom is 0.211 e. The molecular formula is C10H20ClNO2S. The van der Waals surface area contributed by atoms with Crippen molar-refractivity contribution in [2.24, 2.45) is 17.8 Å². The van der Waals surface area contributed by atoms with E-state index in [1.807, 2.05) is 6.92 Å². The summed E-state index contributed by atoms with van der Waals surface area (Å²) in [7, 11) is -3.13. The fourth-order valence-electron chi connectivity index (χ4n) is 1.57. The number of nitrogens with one attached hydrogen (secondary N) is 1. The predicted octanol–water partition coefficient (Wildman–Crippen LogP) is 1.83. The van der Waals surface area contributed by atoms with Crippen molar-refractivity contribution in [3.05, 3.63) is 0 Å². The third-order valence-corrected chi connectivity index (χ3v) is 4.96. The fourth-order valence-corrected chi connectivity index (χ4v) is 3.31. The highest BCUT2D eigenvalue weighted by atomic mass is 35.5. The van der Waals surface area contributed by atoms with Crippen LogP contribution in [0, 0.1) is 17.8 Å². The van der Waals surface area contributed by atoms with Crippen molar-refractivity contribution in [1.29, 1.82) is 0 Å². The second-order valence-electron chi connectivity index (χ2n) is 4.70. The van der Waals surface area contributed by atoms with E-state index in [1.165, 1.54) is 12.8 Å². The van der Waals surface area contributed by atoms with Gasteiger partial charge in [0.25, 0.3) is 0 Å². The molecule has 0 bridgehead atoms. The molecule has 1 saturated carbocycles. The highest BCUT2D eigenvalue weighted by Crippen LogP contribution is 2.36. The first-order valence-corrected chi connectivity index (χ1v) is 7.66. The van der Waals surface area contributed by atoms with Crippen LogP contribution in [0.15, 0.2) is 0 Å². The Hall–Kier alpha value is 0.200. The van der Waals surface area contributed by atoms with Gasteiger partial charge in [0, 0.05) is 12.4 Å². The summed E-state index contributed by atoms with van der Waals surface area (Å²) >= 11 is 5.59. The number of hydrogen-bond donors (Lipinski definition) is 1. The first kappa shape index (κ1) is 13.3. The van der Waals surface area contributed by atoms with Gasteiger partial charge in [0.2, 0.25) is 10.0 Å². The highest BCUT2D eigenvalue weighted by molar-refractivity contribution is 7.89. The van der Waals surface area contributed by atoms with E-state index in [2.05, 4.69) is 11.6 Å². The molecule has 1 rings (SSSR count). The van der Waals surface area contributed by atoms with Gasteiger partial charge >= 0.3 is 0 Å². The van der Waals surface area contributed by atoms with Gasteiger partial charge in [0.05, 0.1) is 5.75 Å². The largest absolute Gasteiger partial charge is 0.215 e. The third kappa shape index (κ3) is 5.18. The van der Waals surface area contributed by atoms with Crippen LogP contribution < -0.4 is 4.72 Å². The van der Waals surface area contributed by atoms with E-state index < -0.39 is 10.0 Å². The Labute approximate surface area is 97.6 Å². The number of halogens is 1. The minimum absolute atomic E-state index is 0.0143. The van der Waals surface area contributed by atoms with Crippen molar-refractivity contribution in [2.75, 3.05) is 18.2 Å². The van der Waals surface area contributed by atoms with Gasteiger partial charge in [0.15, 0.2) is 0 Å². The van der Waals surface area contributed by atoms with Gasteiger partial charge in [0.1, 0.15) is 0 Å². The van der Waals surface area contributed by atoms with Crippen molar-refractivity contribution < 1.29 is 8.42 Å². The molecule has 0 aliphatic heterocycles. The van der Waals surface area contributed by atoms with Crippen LogP contribution >= 0.6 is 11.6 Å². The number of alkyl halides is 1. The van der Waals surface area contributed by atoms with Gasteiger partial charge in [-0.05, 0) is 30.6 Å². The molecule has 15 heavy (non-hydrogen) atoms. The Morgan fingerprint density at radius 2 is 2.00 bits per heavy atom. The van der Waals surface area contributed by atoms with E-state index in [9.17, 15) is 8.42 Å². The van der Waals surface area contributed by atoms with Crippen LogP contribution in [0.2, 0.25) is 0 Å². The molecule has 0 radical (unpaired) electrons. The number of hydrogen-bond acceptors (Lipinski definition) is 2. The lowest BCUT2D eigenvalue weighted by Gasteiger charge is -2.13. The summed E-state index contributed by atoms with van der Waals surface area (Å²) in [5.41, 5.74) is 0. The molecule has 5 heteroatoms. The molecular weight excluding hydrogens is 234 g/mol. The molecule has 1 N–H and O–H groups in total. The van der Waals surface area contributed by atoms with E-state index in [0.29, 0.717) is 18.3 Å². The van der Waals surface area contributed by atoms with Gasteiger partial charge in [-0.3, -0.25) is 0 Å². The molecule has 0 aromatic carbocycles. The smallest absolute Gasteiger partial charge is 0.211 e. The minimum atomic E-state index is -3.13. The number of sulfonamides is 1. The van der Waals surface area contributed by atoms with E-state index in [4.69, 9.17) is 11.6 Å². The summed E-state index contributed by atoms with van der Waals surface area (Å²) in [4.78, 5) is 0. The lowest BCUT2D eigenvalue weighted by molar-refractivity contribution is 0.489. The molecule has 1 fully saturated rings. The summed E-state index contributed by atoms with van der Waals surface area (Å²) in [5.74, 6) is 1.73. The molecule has 0 saturated heterocycles. The molecule has 2 unspecified atom stereocenters. The van der Waals surface area contributed by atoms with Crippen LogP contribution in [0.3, 0.4) is 0 Å². The Kier molecular flexibility index (Phi) is 4.87. The summed E-state index contributed by atoms with van der Waals surface area (Å²) < 4.78 is 25.8. The summed E-state index contributed by atoms with van der Waals surface area (Å²) in [5, 5.41) is 0. The maximum atomic E-state index is 11.6. The predicted molar refractivity (Wildman–Crippen MR) is 63.6 cm³/mol. The molecule has 90 valence electrons. The SMILES string of the molecule is CC(CCl)CS(=O)(=O)NCC(C)C1CC1. The topological polar surface area (TPSA) is 46.2 Å². The molecule has 0 amide bonds. The first-order valence-electron chi connectivity index (χ1n) is 5.48. The van der Waals surface area contributed by atoms with Gasteiger partial charge in [-0.15, -0.1) is 11.6 Å². The number of rotatable bonds is 7. The quantitative estimate of drug-likeness (QED) is 0.704. The van der Waals surface area contributed by atoms with Crippen molar-refractivity contribution >= 4 is 21.6 Å². The molecule has 3 nitrogen and oxygen atoms in total. The molecule has 0 aromatic rings. The van der Waals surface area contributed by atoms with Gasteiger partial charge in [-0.2, -0.15) is 0 Å². The Morgan fingerprint density at radius 3 is 2.47 bits per heavy atom. The van der Waals surface area contributed by atoms with Crippen LogP contribution in [-0.2, 0) is 10.0 Å². The van der Waals surface area contributed by atoms with Crippen LogP contribution in [0.4, 0.5) is 0 Å². The average molecular weight is 254 g/mol.